The maximum atomic E-state index is 12.8. The molecule has 1 aromatic carbocycles. The van der Waals surface area contributed by atoms with E-state index < -0.39 is 10.0 Å². The van der Waals surface area contributed by atoms with Crippen LogP contribution in [0, 0.1) is 0 Å². The molecule has 1 atom stereocenters. The van der Waals surface area contributed by atoms with Crippen LogP contribution in [0.15, 0.2) is 38.8 Å². The van der Waals surface area contributed by atoms with Gasteiger partial charge in [-0.05, 0) is 37.5 Å². The summed E-state index contributed by atoms with van der Waals surface area (Å²) in [6, 6.07) is 6.76. The van der Waals surface area contributed by atoms with Crippen molar-refractivity contribution in [3.8, 4) is 11.5 Å². The third-order valence-electron chi connectivity index (χ3n) is 4.32. The molecule has 2 heterocycles. The maximum absolute atomic E-state index is 12.8. The van der Waals surface area contributed by atoms with Crippen molar-refractivity contribution in [2.24, 2.45) is 0 Å². The highest BCUT2D eigenvalue weighted by Crippen LogP contribution is 2.29. The Kier molecular flexibility index (Phi) is 5.81. The van der Waals surface area contributed by atoms with Crippen molar-refractivity contribution in [3.05, 3.63) is 24.3 Å². The summed E-state index contributed by atoms with van der Waals surface area (Å²) in [6.07, 6.45) is 3.92. The smallest absolute Gasteiger partial charge is 0.277 e. The Bertz CT molecular complexity index is 814. The van der Waals surface area contributed by atoms with Gasteiger partial charge in [0, 0.05) is 23.9 Å². The van der Waals surface area contributed by atoms with E-state index in [1.54, 1.807) is 28.6 Å². The Morgan fingerprint density at radius 3 is 2.72 bits per heavy atom. The fourth-order valence-electron chi connectivity index (χ4n) is 2.67. The van der Waals surface area contributed by atoms with Crippen molar-refractivity contribution in [1.29, 1.82) is 0 Å². The quantitative estimate of drug-likeness (QED) is 0.708. The number of benzene rings is 1. The van der Waals surface area contributed by atoms with Crippen LogP contribution in [0.4, 0.5) is 0 Å². The van der Waals surface area contributed by atoms with E-state index in [1.165, 1.54) is 11.8 Å². The zero-order chi connectivity index (χ0) is 17.9. The summed E-state index contributed by atoms with van der Waals surface area (Å²) in [5.74, 6) is 0.349. The Morgan fingerprint density at radius 1 is 1.24 bits per heavy atom. The van der Waals surface area contributed by atoms with Gasteiger partial charge in [-0.25, -0.2) is 8.42 Å². The monoisotopic (exact) mass is 381 g/mol. The van der Waals surface area contributed by atoms with Crippen LogP contribution in [0.1, 0.15) is 39.5 Å². The molecule has 0 aliphatic carbocycles. The summed E-state index contributed by atoms with van der Waals surface area (Å²) in [7, 11) is -3.47. The largest absolute Gasteiger partial charge is 0.411 e. The zero-order valence-electron chi connectivity index (χ0n) is 14.5. The molecule has 6 nitrogen and oxygen atoms in total. The van der Waals surface area contributed by atoms with Gasteiger partial charge in [0.05, 0.1) is 4.90 Å². The third kappa shape index (κ3) is 4.24. The number of thioether (sulfide) groups is 1. The number of rotatable bonds is 6. The van der Waals surface area contributed by atoms with Gasteiger partial charge in [0.2, 0.25) is 15.9 Å². The van der Waals surface area contributed by atoms with Crippen LogP contribution < -0.4 is 0 Å². The first kappa shape index (κ1) is 18.4. The lowest BCUT2D eigenvalue weighted by Gasteiger charge is -2.25. The molecule has 0 saturated carbocycles. The standard InChI is InChI=1S/C17H23N3O3S2/c1-3-13(2)24-17-19-18-16(23-17)14-8-7-9-15(12-14)25(21,22)20-10-5-4-6-11-20/h7-9,12-13H,3-6,10-11H2,1-2H3. The fourth-order valence-corrected chi connectivity index (χ4v) is 4.96. The second-order valence-corrected chi connectivity index (χ2v) is 9.53. The molecule has 25 heavy (non-hydrogen) atoms. The van der Waals surface area contributed by atoms with Gasteiger partial charge >= 0.3 is 0 Å². The molecule has 0 radical (unpaired) electrons. The summed E-state index contributed by atoms with van der Waals surface area (Å²) in [4.78, 5) is 0.279. The van der Waals surface area contributed by atoms with E-state index in [0.29, 0.717) is 35.0 Å². The molecule has 1 unspecified atom stereocenters. The van der Waals surface area contributed by atoms with Gasteiger partial charge in [0.1, 0.15) is 0 Å². The van der Waals surface area contributed by atoms with E-state index in [-0.39, 0.29) is 4.90 Å². The number of sulfonamides is 1. The summed E-state index contributed by atoms with van der Waals surface area (Å²) >= 11 is 1.52. The van der Waals surface area contributed by atoms with Crippen molar-refractivity contribution in [1.82, 2.24) is 14.5 Å². The SMILES string of the molecule is CCC(C)Sc1nnc(-c2cccc(S(=O)(=O)N3CCCCC3)c2)o1. The van der Waals surface area contributed by atoms with Gasteiger partial charge in [0.15, 0.2) is 0 Å². The molecule has 2 aromatic rings. The van der Waals surface area contributed by atoms with E-state index >= 15 is 0 Å². The Hall–Kier alpha value is -1.38. The topological polar surface area (TPSA) is 76.3 Å². The number of aromatic nitrogens is 2. The Morgan fingerprint density at radius 2 is 2.00 bits per heavy atom. The summed E-state index contributed by atoms with van der Waals surface area (Å²) < 4.78 is 32.9. The molecule has 0 spiro atoms. The number of hydrogen-bond donors (Lipinski definition) is 0. The highest BCUT2D eigenvalue weighted by molar-refractivity contribution is 7.99. The van der Waals surface area contributed by atoms with Crippen LogP contribution in [0.5, 0.6) is 0 Å². The molecule has 0 amide bonds. The minimum atomic E-state index is -3.47. The van der Waals surface area contributed by atoms with Crippen molar-refractivity contribution >= 4 is 21.8 Å². The van der Waals surface area contributed by atoms with Crippen LogP contribution in [-0.4, -0.2) is 41.3 Å². The van der Waals surface area contributed by atoms with E-state index in [9.17, 15) is 8.42 Å². The van der Waals surface area contributed by atoms with Crippen LogP contribution in [0.25, 0.3) is 11.5 Å². The average molecular weight is 382 g/mol. The van der Waals surface area contributed by atoms with Crippen molar-refractivity contribution in [3.63, 3.8) is 0 Å². The van der Waals surface area contributed by atoms with Gasteiger partial charge in [-0.1, -0.05) is 38.1 Å². The number of hydrogen-bond acceptors (Lipinski definition) is 6. The minimum absolute atomic E-state index is 0.279. The molecule has 1 fully saturated rings. The molecular weight excluding hydrogens is 358 g/mol. The second-order valence-electron chi connectivity index (χ2n) is 6.20. The van der Waals surface area contributed by atoms with Crippen LogP contribution in [0.2, 0.25) is 0 Å². The highest BCUT2D eigenvalue weighted by atomic mass is 32.2. The molecule has 1 aromatic heterocycles. The first-order valence-corrected chi connectivity index (χ1v) is 10.9. The third-order valence-corrected chi connectivity index (χ3v) is 7.31. The molecule has 1 aliphatic rings. The Balaban J connectivity index is 1.84. The molecule has 1 aliphatic heterocycles. The van der Waals surface area contributed by atoms with Gasteiger partial charge in [-0.3, -0.25) is 0 Å². The van der Waals surface area contributed by atoms with Crippen LogP contribution in [-0.2, 0) is 10.0 Å². The molecule has 1 saturated heterocycles. The normalized spacial score (nSPS) is 17.5. The molecule has 8 heteroatoms. The summed E-state index contributed by atoms with van der Waals surface area (Å²) in [6.45, 7) is 5.37. The van der Waals surface area contributed by atoms with Crippen LogP contribution >= 0.6 is 11.8 Å². The van der Waals surface area contributed by atoms with E-state index in [2.05, 4.69) is 24.0 Å². The van der Waals surface area contributed by atoms with Gasteiger partial charge in [0.25, 0.3) is 5.22 Å². The van der Waals surface area contributed by atoms with Gasteiger partial charge in [-0.2, -0.15) is 4.31 Å². The van der Waals surface area contributed by atoms with Gasteiger partial charge < -0.3 is 4.42 Å². The molecule has 0 N–H and O–H groups in total. The van der Waals surface area contributed by atoms with Crippen molar-refractivity contribution < 1.29 is 12.8 Å². The predicted octanol–water partition coefficient (Wildman–Crippen LogP) is 3.80. The summed E-state index contributed by atoms with van der Waals surface area (Å²) in [5.41, 5.74) is 0.626. The lowest BCUT2D eigenvalue weighted by atomic mass is 10.2. The Labute approximate surface area is 153 Å². The molecular formula is C17H23N3O3S2. The summed E-state index contributed by atoms with van der Waals surface area (Å²) in [5, 5.41) is 9.01. The van der Waals surface area contributed by atoms with E-state index in [4.69, 9.17) is 4.42 Å². The number of nitrogens with zero attached hydrogens (tertiary/aromatic N) is 3. The first-order chi connectivity index (χ1) is 12.0. The highest BCUT2D eigenvalue weighted by Gasteiger charge is 2.26. The number of piperidine rings is 1. The predicted molar refractivity (Wildman–Crippen MR) is 98.0 cm³/mol. The average Bonchev–Trinajstić information content (AvgIpc) is 3.11. The lowest BCUT2D eigenvalue weighted by molar-refractivity contribution is 0.346. The van der Waals surface area contributed by atoms with Crippen molar-refractivity contribution in [2.75, 3.05) is 13.1 Å². The van der Waals surface area contributed by atoms with Crippen LogP contribution in [0.3, 0.4) is 0 Å². The maximum Gasteiger partial charge on any atom is 0.277 e. The zero-order valence-corrected chi connectivity index (χ0v) is 16.1. The van der Waals surface area contributed by atoms with E-state index in [0.717, 1.165) is 25.7 Å². The lowest BCUT2D eigenvalue weighted by Crippen LogP contribution is -2.35. The molecule has 3 rings (SSSR count). The van der Waals surface area contributed by atoms with E-state index in [1.807, 2.05) is 0 Å². The minimum Gasteiger partial charge on any atom is -0.411 e. The van der Waals surface area contributed by atoms with Crippen molar-refractivity contribution in [2.45, 2.75) is 54.9 Å². The second kappa shape index (κ2) is 7.88. The molecule has 136 valence electrons. The van der Waals surface area contributed by atoms with Gasteiger partial charge in [-0.15, -0.1) is 10.2 Å². The molecule has 0 bridgehead atoms. The first-order valence-electron chi connectivity index (χ1n) is 8.61. The fraction of sp³-hybridized carbons (Fsp3) is 0.529.